The smallest absolute Gasteiger partial charge is 0.223 e. The van der Waals surface area contributed by atoms with Crippen molar-refractivity contribution in [2.45, 2.75) is 45.4 Å². The van der Waals surface area contributed by atoms with Gasteiger partial charge < -0.3 is 18.8 Å². The zero-order chi connectivity index (χ0) is 21.5. The number of rotatable bonds is 9. The lowest BCUT2D eigenvalue weighted by molar-refractivity contribution is -0.135. The van der Waals surface area contributed by atoms with E-state index >= 15 is 0 Å². The lowest BCUT2D eigenvalue weighted by Crippen LogP contribution is -2.42. The van der Waals surface area contributed by atoms with Gasteiger partial charge in [0.05, 0.1) is 20.6 Å². The van der Waals surface area contributed by atoms with Crippen LogP contribution in [0.3, 0.4) is 0 Å². The summed E-state index contributed by atoms with van der Waals surface area (Å²) in [6.07, 6.45) is 3.34. The summed E-state index contributed by atoms with van der Waals surface area (Å²) in [7, 11) is 3.21. The number of amides is 1. The number of ketones is 1. The Kier molecular flexibility index (Phi) is 7.43. The van der Waals surface area contributed by atoms with Gasteiger partial charge in [-0.05, 0) is 31.0 Å². The summed E-state index contributed by atoms with van der Waals surface area (Å²) in [5, 5.41) is 8.17. The molecule has 0 bridgehead atoms. The number of benzene rings is 1. The van der Waals surface area contributed by atoms with Gasteiger partial charge in [0.15, 0.2) is 0 Å². The lowest BCUT2D eigenvalue weighted by atomic mass is 9.92. The summed E-state index contributed by atoms with van der Waals surface area (Å²) in [6.45, 7) is 3.10. The van der Waals surface area contributed by atoms with E-state index in [1.54, 1.807) is 19.1 Å². The predicted molar refractivity (Wildman–Crippen MR) is 110 cm³/mol. The molecular formula is C22H29N3O5. The van der Waals surface area contributed by atoms with Crippen molar-refractivity contribution in [2.75, 3.05) is 27.3 Å². The van der Waals surface area contributed by atoms with E-state index in [2.05, 4.69) is 10.2 Å². The second kappa shape index (κ2) is 10.2. The van der Waals surface area contributed by atoms with E-state index in [0.29, 0.717) is 49.9 Å². The van der Waals surface area contributed by atoms with Crippen molar-refractivity contribution in [3.63, 3.8) is 0 Å². The highest BCUT2D eigenvalue weighted by Crippen LogP contribution is 2.26. The maximum atomic E-state index is 12.6. The molecule has 0 spiro atoms. The Morgan fingerprint density at radius 1 is 1.20 bits per heavy atom. The molecule has 1 unspecified atom stereocenters. The number of piperidine rings is 1. The van der Waals surface area contributed by atoms with Gasteiger partial charge in [0.2, 0.25) is 17.7 Å². The second-order valence-electron chi connectivity index (χ2n) is 7.44. The minimum Gasteiger partial charge on any atom is -0.497 e. The Balaban J connectivity index is 1.56. The van der Waals surface area contributed by atoms with Gasteiger partial charge in [-0.2, -0.15) is 0 Å². The Hall–Kier alpha value is -2.90. The average molecular weight is 415 g/mol. The third-order valence-corrected chi connectivity index (χ3v) is 5.47. The molecule has 2 aromatic rings. The van der Waals surface area contributed by atoms with Gasteiger partial charge in [0, 0.05) is 43.8 Å². The molecule has 1 fully saturated rings. The number of aryl methyl sites for hydroxylation is 1. The molecular weight excluding hydrogens is 386 g/mol. The van der Waals surface area contributed by atoms with Crippen LogP contribution in [0.2, 0.25) is 0 Å². The summed E-state index contributed by atoms with van der Waals surface area (Å²) in [6, 6.07) is 5.53. The summed E-state index contributed by atoms with van der Waals surface area (Å²) in [5.74, 6) is 2.55. The molecule has 1 aromatic carbocycles. The lowest BCUT2D eigenvalue weighted by Gasteiger charge is -2.32. The highest BCUT2D eigenvalue weighted by Gasteiger charge is 2.27. The zero-order valence-corrected chi connectivity index (χ0v) is 17.8. The SMILES string of the molecule is CCC(=O)C1CCCN(C(=O)CCc2nnc(Cc3cc(OC)ccc3OC)o2)C1. The first-order chi connectivity index (χ1) is 14.5. The van der Waals surface area contributed by atoms with Crippen LogP contribution < -0.4 is 9.47 Å². The number of ether oxygens (including phenoxy) is 2. The molecule has 1 atom stereocenters. The van der Waals surface area contributed by atoms with Crippen LogP contribution in [0.15, 0.2) is 22.6 Å². The maximum Gasteiger partial charge on any atom is 0.223 e. The number of carbonyl (C=O) groups is 2. The van der Waals surface area contributed by atoms with Crippen molar-refractivity contribution in [1.29, 1.82) is 0 Å². The molecule has 1 aliphatic heterocycles. The molecule has 8 heteroatoms. The van der Waals surface area contributed by atoms with Gasteiger partial charge in [0.25, 0.3) is 0 Å². The normalized spacial score (nSPS) is 16.4. The molecule has 30 heavy (non-hydrogen) atoms. The minimum atomic E-state index is -0.0273. The molecule has 1 aliphatic rings. The number of hydrogen-bond acceptors (Lipinski definition) is 7. The Labute approximate surface area is 176 Å². The van der Waals surface area contributed by atoms with Crippen LogP contribution in [0, 0.1) is 5.92 Å². The Morgan fingerprint density at radius 3 is 2.73 bits per heavy atom. The largest absolute Gasteiger partial charge is 0.497 e. The summed E-state index contributed by atoms with van der Waals surface area (Å²) in [4.78, 5) is 26.3. The highest BCUT2D eigenvalue weighted by atomic mass is 16.5. The van der Waals surface area contributed by atoms with Crippen molar-refractivity contribution in [3.05, 3.63) is 35.5 Å². The number of likely N-dealkylation sites (tertiary alicyclic amines) is 1. The molecule has 1 saturated heterocycles. The number of hydrogen-bond donors (Lipinski definition) is 0. The van der Waals surface area contributed by atoms with Crippen LogP contribution in [-0.4, -0.2) is 54.1 Å². The van der Waals surface area contributed by atoms with E-state index in [0.717, 1.165) is 24.2 Å². The highest BCUT2D eigenvalue weighted by molar-refractivity contribution is 5.82. The number of nitrogens with zero attached hydrogens (tertiary/aromatic N) is 3. The first-order valence-electron chi connectivity index (χ1n) is 10.4. The molecule has 0 N–H and O–H groups in total. The van der Waals surface area contributed by atoms with Crippen molar-refractivity contribution in [3.8, 4) is 11.5 Å². The molecule has 162 valence electrons. The standard InChI is InChI=1S/C22H29N3O5/c1-4-18(26)15-6-5-11-25(14-15)22(27)10-9-20-23-24-21(30-20)13-16-12-17(28-2)7-8-19(16)29-3/h7-8,12,15H,4-6,9-11,13-14H2,1-3H3. The molecule has 0 radical (unpaired) electrons. The van der Waals surface area contributed by atoms with E-state index in [4.69, 9.17) is 13.9 Å². The molecule has 3 rings (SSSR count). The fourth-order valence-electron chi connectivity index (χ4n) is 3.77. The molecule has 0 aliphatic carbocycles. The van der Waals surface area contributed by atoms with Crippen LogP contribution in [0.5, 0.6) is 11.5 Å². The maximum absolute atomic E-state index is 12.6. The van der Waals surface area contributed by atoms with Crippen LogP contribution in [0.1, 0.15) is 50.0 Å². The molecule has 0 saturated carbocycles. The monoisotopic (exact) mass is 415 g/mol. The third kappa shape index (κ3) is 5.37. The summed E-state index contributed by atoms with van der Waals surface area (Å²) < 4.78 is 16.4. The first-order valence-corrected chi connectivity index (χ1v) is 10.4. The number of methoxy groups -OCH3 is 2. The Bertz CT molecular complexity index is 879. The van der Waals surface area contributed by atoms with Crippen LogP contribution in [-0.2, 0) is 22.4 Å². The quantitative estimate of drug-likeness (QED) is 0.621. The molecule has 2 heterocycles. The van der Waals surface area contributed by atoms with Crippen LogP contribution >= 0.6 is 0 Å². The van der Waals surface area contributed by atoms with Crippen molar-refractivity contribution in [1.82, 2.24) is 15.1 Å². The van der Waals surface area contributed by atoms with E-state index in [-0.39, 0.29) is 24.0 Å². The number of carbonyl (C=O) groups excluding carboxylic acids is 2. The number of aromatic nitrogens is 2. The Morgan fingerprint density at radius 2 is 2.00 bits per heavy atom. The van der Waals surface area contributed by atoms with Crippen LogP contribution in [0.4, 0.5) is 0 Å². The third-order valence-electron chi connectivity index (χ3n) is 5.47. The summed E-state index contributed by atoms with van der Waals surface area (Å²) >= 11 is 0. The first kappa shape index (κ1) is 21.8. The van der Waals surface area contributed by atoms with Crippen molar-refractivity contribution < 1.29 is 23.5 Å². The second-order valence-corrected chi connectivity index (χ2v) is 7.44. The average Bonchev–Trinajstić information content (AvgIpc) is 3.24. The molecule has 1 amide bonds. The van der Waals surface area contributed by atoms with Gasteiger partial charge in [-0.1, -0.05) is 6.92 Å². The van der Waals surface area contributed by atoms with E-state index < -0.39 is 0 Å². The van der Waals surface area contributed by atoms with Gasteiger partial charge in [-0.3, -0.25) is 9.59 Å². The van der Waals surface area contributed by atoms with Crippen LogP contribution in [0.25, 0.3) is 0 Å². The molecule has 1 aromatic heterocycles. The van der Waals surface area contributed by atoms with Crippen molar-refractivity contribution in [2.24, 2.45) is 5.92 Å². The van der Waals surface area contributed by atoms with Gasteiger partial charge in [-0.15, -0.1) is 10.2 Å². The van der Waals surface area contributed by atoms with E-state index in [1.807, 2.05) is 25.1 Å². The fourth-order valence-corrected chi connectivity index (χ4v) is 3.77. The topological polar surface area (TPSA) is 94.8 Å². The zero-order valence-electron chi connectivity index (χ0n) is 17.8. The van der Waals surface area contributed by atoms with Gasteiger partial charge in [-0.25, -0.2) is 0 Å². The van der Waals surface area contributed by atoms with Crippen molar-refractivity contribution >= 4 is 11.7 Å². The number of Topliss-reactive ketones (excluding diaryl/α,β-unsaturated/α-hetero) is 1. The van der Waals surface area contributed by atoms with Gasteiger partial charge in [0.1, 0.15) is 17.3 Å². The van der Waals surface area contributed by atoms with E-state index in [1.165, 1.54) is 0 Å². The fraction of sp³-hybridized carbons (Fsp3) is 0.545. The summed E-state index contributed by atoms with van der Waals surface area (Å²) in [5.41, 5.74) is 0.878. The van der Waals surface area contributed by atoms with E-state index in [9.17, 15) is 9.59 Å². The predicted octanol–water partition coefficient (Wildman–Crippen LogP) is 2.83. The van der Waals surface area contributed by atoms with Gasteiger partial charge >= 0.3 is 0 Å². The minimum absolute atomic E-state index is 0.0258. The molecule has 8 nitrogen and oxygen atoms in total.